The van der Waals surface area contributed by atoms with E-state index in [0.29, 0.717) is 4.99 Å². The lowest BCUT2D eigenvalue weighted by Crippen LogP contribution is -2.15. The van der Waals surface area contributed by atoms with Crippen molar-refractivity contribution in [3.8, 4) is 0 Å². The van der Waals surface area contributed by atoms with Crippen LogP contribution in [0.4, 0.5) is 5.69 Å². The Hall–Kier alpha value is -1.04. The van der Waals surface area contributed by atoms with Crippen LogP contribution in [0.1, 0.15) is 18.1 Å². The topological polar surface area (TPSA) is 38.0 Å². The van der Waals surface area contributed by atoms with Gasteiger partial charge in [0.2, 0.25) is 0 Å². The molecule has 0 amide bonds. The Labute approximate surface area is 133 Å². The van der Waals surface area contributed by atoms with Gasteiger partial charge in [0.15, 0.2) is 0 Å². The fraction of sp³-hybridized carbons (Fsp3) is 0.267. The van der Waals surface area contributed by atoms with Gasteiger partial charge >= 0.3 is 0 Å². The van der Waals surface area contributed by atoms with Gasteiger partial charge in [0.05, 0.1) is 0 Å². The summed E-state index contributed by atoms with van der Waals surface area (Å²) < 4.78 is 0. The first-order valence-electron chi connectivity index (χ1n) is 6.53. The Kier molecular flexibility index (Phi) is 5.88. The second-order valence-corrected chi connectivity index (χ2v) is 6.81. The van der Waals surface area contributed by atoms with Crippen molar-refractivity contribution >= 4 is 46.0 Å². The predicted molar refractivity (Wildman–Crippen MR) is 95.2 cm³/mol. The van der Waals surface area contributed by atoms with Gasteiger partial charge in [-0.1, -0.05) is 25.2 Å². The van der Waals surface area contributed by atoms with E-state index in [1.165, 1.54) is 5.56 Å². The highest BCUT2D eigenvalue weighted by Gasteiger charge is 2.10. The number of hydrogen-bond donors (Lipinski definition) is 2. The van der Waals surface area contributed by atoms with Gasteiger partial charge in [-0.2, -0.15) is 11.3 Å². The van der Waals surface area contributed by atoms with Gasteiger partial charge in [-0.3, -0.25) is 0 Å². The molecule has 0 unspecified atom stereocenters. The fourth-order valence-electron chi connectivity index (χ4n) is 1.98. The minimum atomic E-state index is 0.458. The van der Waals surface area contributed by atoms with Crippen LogP contribution in [0.3, 0.4) is 0 Å². The van der Waals surface area contributed by atoms with Crippen LogP contribution in [-0.2, 0) is 6.42 Å². The van der Waals surface area contributed by atoms with Crippen molar-refractivity contribution in [2.45, 2.75) is 18.2 Å². The van der Waals surface area contributed by atoms with Gasteiger partial charge in [-0.25, -0.2) is 0 Å². The summed E-state index contributed by atoms with van der Waals surface area (Å²) >= 11 is 8.71. The number of nitrogens with one attached hydrogen (secondary N) is 1. The molecule has 0 bridgehead atoms. The number of thioether (sulfide) groups is 1. The maximum Gasteiger partial charge on any atom is 0.107 e. The second-order valence-electron chi connectivity index (χ2n) is 4.28. The van der Waals surface area contributed by atoms with Crippen LogP contribution < -0.4 is 11.1 Å². The lowest BCUT2D eigenvalue weighted by atomic mass is 10.1. The number of benzene rings is 1. The molecule has 2 aromatic rings. The standard InChI is InChI=1S/C15H18N2S3/c1-2-20-13-5-3-4-12(14(13)15(16)18)17-8-6-11-7-9-19-10-11/h3-5,7,9-10,17H,2,6,8H2,1H3,(H2,16,18). The van der Waals surface area contributed by atoms with E-state index in [-0.39, 0.29) is 0 Å². The number of hydrogen-bond acceptors (Lipinski definition) is 4. The second kappa shape index (κ2) is 7.67. The molecule has 0 aliphatic rings. The van der Waals surface area contributed by atoms with Gasteiger partial charge in [0.25, 0.3) is 0 Å². The molecule has 2 rings (SSSR count). The Bertz CT molecular complexity index is 565. The fourth-order valence-corrected chi connectivity index (χ4v) is 3.82. The van der Waals surface area contributed by atoms with Crippen LogP contribution >= 0.6 is 35.3 Å². The van der Waals surface area contributed by atoms with Crippen molar-refractivity contribution < 1.29 is 0 Å². The maximum atomic E-state index is 5.89. The number of nitrogens with two attached hydrogens (primary N) is 1. The Morgan fingerprint density at radius 1 is 1.40 bits per heavy atom. The third kappa shape index (κ3) is 3.98. The summed E-state index contributed by atoms with van der Waals surface area (Å²) in [6, 6.07) is 8.32. The van der Waals surface area contributed by atoms with Gasteiger partial charge in [0, 0.05) is 22.7 Å². The first-order chi connectivity index (χ1) is 9.72. The first kappa shape index (κ1) is 15.4. The third-order valence-corrected chi connectivity index (χ3v) is 4.76. The number of rotatable bonds is 7. The lowest BCUT2D eigenvalue weighted by Gasteiger charge is -2.14. The monoisotopic (exact) mass is 322 g/mol. The Morgan fingerprint density at radius 2 is 2.25 bits per heavy atom. The van der Waals surface area contributed by atoms with Gasteiger partial charge in [-0.05, 0) is 46.7 Å². The van der Waals surface area contributed by atoms with Crippen LogP contribution in [0.15, 0.2) is 39.9 Å². The highest BCUT2D eigenvalue weighted by atomic mass is 32.2. The Morgan fingerprint density at radius 3 is 2.90 bits per heavy atom. The largest absolute Gasteiger partial charge is 0.389 e. The average molecular weight is 323 g/mol. The molecule has 3 N–H and O–H groups in total. The van der Waals surface area contributed by atoms with Gasteiger partial charge in [-0.15, -0.1) is 11.8 Å². The molecule has 5 heteroatoms. The molecule has 0 fully saturated rings. The van der Waals surface area contributed by atoms with E-state index in [9.17, 15) is 0 Å². The van der Waals surface area contributed by atoms with Crippen molar-refractivity contribution in [2.75, 3.05) is 17.6 Å². The zero-order valence-electron chi connectivity index (χ0n) is 11.4. The molecule has 0 saturated carbocycles. The van der Waals surface area contributed by atoms with Gasteiger partial charge in [0.1, 0.15) is 4.99 Å². The average Bonchev–Trinajstić information content (AvgIpc) is 2.92. The van der Waals surface area contributed by atoms with Crippen LogP contribution in [0.25, 0.3) is 0 Å². The first-order valence-corrected chi connectivity index (χ1v) is 8.86. The van der Waals surface area contributed by atoms with Crippen molar-refractivity contribution in [1.82, 2.24) is 0 Å². The minimum Gasteiger partial charge on any atom is -0.389 e. The zero-order valence-corrected chi connectivity index (χ0v) is 13.8. The van der Waals surface area contributed by atoms with Crippen LogP contribution in [0.2, 0.25) is 0 Å². The van der Waals surface area contributed by atoms with Crippen LogP contribution in [0, 0.1) is 0 Å². The molecule has 0 spiro atoms. The molecule has 0 aliphatic carbocycles. The third-order valence-electron chi connectivity index (χ3n) is 2.88. The van der Waals surface area contributed by atoms with Crippen molar-refractivity contribution in [2.24, 2.45) is 5.73 Å². The van der Waals surface area contributed by atoms with Gasteiger partial charge < -0.3 is 11.1 Å². The maximum absolute atomic E-state index is 5.89. The highest BCUT2D eigenvalue weighted by molar-refractivity contribution is 7.99. The van der Waals surface area contributed by atoms with E-state index in [4.69, 9.17) is 18.0 Å². The lowest BCUT2D eigenvalue weighted by molar-refractivity contribution is 1.02. The Balaban J connectivity index is 2.09. The molecule has 106 valence electrons. The van der Waals surface area contributed by atoms with Crippen LogP contribution in [-0.4, -0.2) is 17.3 Å². The number of thiocarbonyl (C=S) groups is 1. The summed E-state index contributed by atoms with van der Waals surface area (Å²) in [4.78, 5) is 1.61. The SMILES string of the molecule is CCSc1cccc(NCCc2ccsc2)c1C(N)=S. The summed E-state index contributed by atoms with van der Waals surface area (Å²) in [5, 5.41) is 7.74. The minimum absolute atomic E-state index is 0.458. The van der Waals surface area contributed by atoms with Crippen molar-refractivity contribution in [1.29, 1.82) is 0 Å². The molecule has 20 heavy (non-hydrogen) atoms. The molecule has 0 atom stereocenters. The molecular weight excluding hydrogens is 304 g/mol. The zero-order chi connectivity index (χ0) is 14.4. The van der Waals surface area contributed by atoms with E-state index in [2.05, 4.69) is 35.1 Å². The van der Waals surface area contributed by atoms with Crippen molar-refractivity contribution in [3.63, 3.8) is 0 Å². The summed E-state index contributed by atoms with van der Waals surface area (Å²) in [6.45, 7) is 3.01. The quantitative estimate of drug-likeness (QED) is 0.593. The van der Waals surface area contributed by atoms with E-state index in [1.54, 1.807) is 23.1 Å². The van der Waals surface area contributed by atoms with Crippen LogP contribution in [0.5, 0.6) is 0 Å². The molecule has 1 heterocycles. The molecule has 0 aliphatic heterocycles. The highest BCUT2D eigenvalue weighted by Crippen LogP contribution is 2.28. The molecule has 0 radical (unpaired) electrons. The number of thiophene rings is 1. The molecule has 0 saturated heterocycles. The number of anilines is 1. The van der Waals surface area contributed by atoms with E-state index >= 15 is 0 Å². The summed E-state index contributed by atoms with van der Waals surface area (Å²) in [7, 11) is 0. The smallest absolute Gasteiger partial charge is 0.107 e. The van der Waals surface area contributed by atoms with E-state index in [1.807, 2.05) is 12.1 Å². The summed E-state index contributed by atoms with van der Waals surface area (Å²) in [6.07, 6.45) is 1.01. The van der Waals surface area contributed by atoms with E-state index in [0.717, 1.165) is 34.9 Å². The molecular formula is C15H18N2S3. The van der Waals surface area contributed by atoms with Crippen molar-refractivity contribution in [3.05, 3.63) is 46.2 Å². The normalized spacial score (nSPS) is 10.4. The predicted octanol–water partition coefficient (Wildman–Crippen LogP) is 4.15. The summed E-state index contributed by atoms with van der Waals surface area (Å²) in [5.74, 6) is 1.01. The van der Waals surface area contributed by atoms with E-state index < -0.39 is 0 Å². The molecule has 2 nitrogen and oxygen atoms in total. The molecule has 1 aromatic heterocycles. The summed E-state index contributed by atoms with van der Waals surface area (Å²) in [5.41, 5.74) is 9.26. The molecule has 1 aromatic carbocycles.